The van der Waals surface area contributed by atoms with Crippen molar-refractivity contribution in [3.05, 3.63) is 76.1 Å². The van der Waals surface area contributed by atoms with Crippen molar-refractivity contribution in [2.24, 2.45) is 0 Å². The minimum atomic E-state index is -1.39. The SMILES string of the molecule is O=C(O)c1cn(Cc2nc3ccccc3[nH]2)c2cccc(F)c2c1=O. The molecule has 2 aromatic carbocycles. The van der Waals surface area contributed by atoms with Crippen molar-refractivity contribution in [2.45, 2.75) is 6.54 Å². The highest BCUT2D eigenvalue weighted by Crippen LogP contribution is 2.18. The quantitative estimate of drug-likeness (QED) is 0.602. The highest BCUT2D eigenvalue weighted by molar-refractivity contribution is 5.92. The summed E-state index contributed by atoms with van der Waals surface area (Å²) in [7, 11) is 0. The summed E-state index contributed by atoms with van der Waals surface area (Å²) >= 11 is 0. The monoisotopic (exact) mass is 337 g/mol. The second kappa shape index (κ2) is 5.55. The van der Waals surface area contributed by atoms with Crippen LogP contribution in [0.5, 0.6) is 0 Å². The average Bonchev–Trinajstić information content (AvgIpc) is 2.99. The number of para-hydroxylation sites is 2. The molecule has 0 saturated carbocycles. The predicted octanol–water partition coefficient (Wildman–Crippen LogP) is 2.76. The van der Waals surface area contributed by atoms with Gasteiger partial charge in [0.15, 0.2) is 0 Å². The van der Waals surface area contributed by atoms with Gasteiger partial charge in [0.1, 0.15) is 17.2 Å². The molecule has 4 rings (SSSR count). The first kappa shape index (κ1) is 15.1. The van der Waals surface area contributed by atoms with E-state index in [0.717, 1.165) is 17.1 Å². The molecule has 0 unspecified atom stereocenters. The number of imidazole rings is 1. The molecule has 0 radical (unpaired) electrons. The van der Waals surface area contributed by atoms with Gasteiger partial charge in [0, 0.05) is 6.20 Å². The maximum Gasteiger partial charge on any atom is 0.341 e. The number of aromatic nitrogens is 3. The van der Waals surface area contributed by atoms with E-state index in [2.05, 4.69) is 9.97 Å². The fraction of sp³-hybridized carbons (Fsp3) is 0.0556. The van der Waals surface area contributed by atoms with Crippen LogP contribution in [0.25, 0.3) is 21.9 Å². The predicted molar refractivity (Wildman–Crippen MR) is 90.3 cm³/mol. The maximum atomic E-state index is 14.1. The third kappa shape index (κ3) is 2.46. The van der Waals surface area contributed by atoms with E-state index in [1.807, 2.05) is 24.3 Å². The summed E-state index contributed by atoms with van der Waals surface area (Å²) in [4.78, 5) is 31.2. The van der Waals surface area contributed by atoms with Crippen LogP contribution in [0, 0.1) is 5.82 Å². The van der Waals surface area contributed by atoms with Gasteiger partial charge in [-0.15, -0.1) is 0 Å². The number of halogens is 1. The van der Waals surface area contributed by atoms with Gasteiger partial charge in [-0.25, -0.2) is 14.2 Å². The summed E-state index contributed by atoms with van der Waals surface area (Å²) in [5.74, 6) is -1.57. The average molecular weight is 337 g/mol. The van der Waals surface area contributed by atoms with Crippen molar-refractivity contribution in [2.75, 3.05) is 0 Å². The molecular weight excluding hydrogens is 325 g/mol. The zero-order valence-electron chi connectivity index (χ0n) is 12.9. The number of aromatic amines is 1. The minimum Gasteiger partial charge on any atom is -0.477 e. The van der Waals surface area contributed by atoms with E-state index in [4.69, 9.17) is 0 Å². The van der Waals surface area contributed by atoms with Crippen LogP contribution in [-0.4, -0.2) is 25.6 Å². The second-order valence-electron chi connectivity index (χ2n) is 5.64. The van der Waals surface area contributed by atoms with Gasteiger partial charge in [-0.2, -0.15) is 0 Å². The fourth-order valence-electron chi connectivity index (χ4n) is 2.92. The number of carboxylic acid groups (broad SMARTS) is 1. The molecular formula is C18H12FN3O3. The number of H-pyrrole nitrogens is 1. The summed E-state index contributed by atoms with van der Waals surface area (Å²) in [6.07, 6.45) is 1.22. The number of nitrogens with zero attached hydrogens (tertiary/aromatic N) is 2. The van der Waals surface area contributed by atoms with E-state index in [9.17, 15) is 19.1 Å². The van der Waals surface area contributed by atoms with Crippen LogP contribution in [-0.2, 0) is 6.54 Å². The van der Waals surface area contributed by atoms with Crippen molar-refractivity contribution in [3.8, 4) is 0 Å². The lowest BCUT2D eigenvalue weighted by Gasteiger charge is -2.11. The van der Waals surface area contributed by atoms with Gasteiger partial charge < -0.3 is 14.7 Å². The van der Waals surface area contributed by atoms with Gasteiger partial charge in [0.05, 0.1) is 28.5 Å². The molecule has 0 atom stereocenters. The number of aromatic carboxylic acids is 1. The Kier molecular flexibility index (Phi) is 3.35. The van der Waals surface area contributed by atoms with Gasteiger partial charge >= 0.3 is 5.97 Å². The number of hydrogen-bond acceptors (Lipinski definition) is 3. The Morgan fingerprint density at radius 2 is 2.00 bits per heavy atom. The normalized spacial score (nSPS) is 11.2. The summed E-state index contributed by atoms with van der Waals surface area (Å²) < 4.78 is 15.7. The third-order valence-electron chi connectivity index (χ3n) is 4.05. The second-order valence-corrected chi connectivity index (χ2v) is 5.64. The van der Waals surface area contributed by atoms with Gasteiger partial charge in [0.2, 0.25) is 5.43 Å². The lowest BCUT2D eigenvalue weighted by atomic mass is 10.1. The van der Waals surface area contributed by atoms with E-state index in [1.165, 1.54) is 16.8 Å². The molecule has 0 saturated heterocycles. The molecule has 2 N–H and O–H groups in total. The molecule has 0 bridgehead atoms. The zero-order chi connectivity index (χ0) is 17.6. The molecule has 25 heavy (non-hydrogen) atoms. The molecule has 0 amide bonds. The number of carboxylic acids is 1. The van der Waals surface area contributed by atoms with Gasteiger partial charge in [0.25, 0.3) is 0 Å². The van der Waals surface area contributed by atoms with E-state index in [-0.39, 0.29) is 11.9 Å². The van der Waals surface area contributed by atoms with E-state index >= 15 is 0 Å². The van der Waals surface area contributed by atoms with Crippen molar-refractivity contribution in [1.82, 2.24) is 14.5 Å². The molecule has 0 spiro atoms. The molecule has 0 aliphatic carbocycles. The maximum absolute atomic E-state index is 14.1. The van der Waals surface area contributed by atoms with Gasteiger partial charge in [-0.3, -0.25) is 4.79 Å². The van der Waals surface area contributed by atoms with Crippen molar-refractivity contribution in [3.63, 3.8) is 0 Å². The number of benzene rings is 2. The first-order valence-corrected chi connectivity index (χ1v) is 7.53. The molecule has 7 heteroatoms. The van der Waals surface area contributed by atoms with Crippen molar-refractivity contribution >= 4 is 27.9 Å². The van der Waals surface area contributed by atoms with Crippen LogP contribution >= 0.6 is 0 Å². The van der Waals surface area contributed by atoms with Crippen LogP contribution in [0.1, 0.15) is 16.2 Å². The Hall–Kier alpha value is -3.48. The summed E-state index contributed by atoms with van der Waals surface area (Å²) in [5.41, 5.74) is 0.616. The van der Waals surface area contributed by atoms with Crippen LogP contribution in [0.3, 0.4) is 0 Å². The highest BCUT2D eigenvalue weighted by Gasteiger charge is 2.17. The van der Waals surface area contributed by atoms with Crippen LogP contribution in [0.2, 0.25) is 0 Å². The number of nitrogens with one attached hydrogen (secondary N) is 1. The third-order valence-corrected chi connectivity index (χ3v) is 4.05. The highest BCUT2D eigenvalue weighted by atomic mass is 19.1. The molecule has 0 fully saturated rings. The largest absolute Gasteiger partial charge is 0.477 e. The Balaban J connectivity index is 1.94. The van der Waals surface area contributed by atoms with E-state index in [1.54, 1.807) is 6.07 Å². The molecule has 124 valence electrons. The van der Waals surface area contributed by atoms with E-state index in [0.29, 0.717) is 11.3 Å². The van der Waals surface area contributed by atoms with Crippen LogP contribution < -0.4 is 5.43 Å². The molecule has 4 aromatic rings. The van der Waals surface area contributed by atoms with E-state index < -0.39 is 22.8 Å². The molecule has 2 aromatic heterocycles. The summed E-state index contributed by atoms with van der Waals surface area (Å²) in [6.45, 7) is 0.176. The minimum absolute atomic E-state index is 0.176. The topological polar surface area (TPSA) is 88.0 Å². The Morgan fingerprint density at radius 3 is 2.76 bits per heavy atom. The summed E-state index contributed by atoms with van der Waals surface area (Å²) in [5, 5.41) is 9.02. The summed E-state index contributed by atoms with van der Waals surface area (Å²) in [6, 6.07) is 11.6. The Morgan fingerprint density at radius 1 is 1.20 bits per heavy atom. The number of pyridine rings is 1. The Bertz CT molecular complexity index is 1160. The van der Waals surface area contributed by atoms with Gasteiger partial charge in [-0.1, -0.05) is 18.2 Å². The van der Waals surface area contributed by atoms with Crippen LogP contribution in [0.4, 0.5) is 4.39 Å². The number of carbonyl (C=O) groups is 1. The Labute approximate surface area is 140 Å². The molecule has 0 aliphatic rings. The molecule has 6 nitrogen and oxygen atoms in total. The smallest absolute Gasteiger partial charge is 0.341 e. The first-order chi connectivity index (χ1) is 12.0. The van der Waals surface area contributed by atoms with Crippen molar-refractivity contribution < 1.29 is 14.3 Å². The van der Waals surface area contributed by atoms with Crippen LogP contribution in [0.15, 0.2) is 53.5 Å². The molecule has 0 aliphatic heterocycles. The van der Waals surface area contributed by atoms with Crippen molar-refractivity contribution in [1.29, 1.82) is 0 Å². The number of rotatable bonds is 3. The lowest BCUT2D eigenvalue weighted by molar-refractivity contribution is 0.0695. The standard InChI is InChI=1S/C18H12FN3O3/c19-11-4-3-7-14-16(11)17(23)10(18(24)25)8-22(14)9-15-20-12-5-1-2-6-13(12)21-15/h1-8H,9H2,(H,20,21)(H,24,25). The molecule has 2 heterocycles. The zero-order valence-corrected chi connectivity index (χ0v) is 12.9. The number of fused-ring (bicyclic) bond motifs is 2. The number of hydrogen-bond donors (Lipinski definition) is 2. The fourth-order valence-corrected chi connectivity index (χ4v) is 2.92. The van der Waals surface area contributed by atoms with Gasteiger partial charge in [-0.05, 0) is 24.3 Å². The first-order valence-electron chi connectivity index (χ1n) is 7.53. The lowest BCUT2D eigenvalue weighted by Crippen LogP contribution is -2.20.